The van der Waals surface area contributed by atoms with Crippen LogP contribution in [0.15, 0.2) is 0 Å². The zero-order chi connectivity index (χ0) is 5.21. The lowest BCUT2D eigenvalue weighted by Crippen LogP contribution is -2.30. The van der Waals surface area contributed by atoms with Crippen LogP contribution in [0, 0.1) is 13.8 Å². The fraction of sp³-hybridized carbons (Fsp3) is 0.600. The van der Waals surface area contributed by atoms with Gasteiger partial charge in [-0.3, -0.25) is 5.73 Å². The largest absolute Gasteiger partial charge is 0.285 e. The van der Waals surface area contributed by atoms with Crippen molar-refractivity contribution in [3.63, 3.8) is 0 Å². The van der Waals surface area contributed by atoms with E-state index in [1.165, 1.54) is 0 Å². The van der Waals surface area contributed by atoms with Gasteiger partial charge in [0, 0.05) is 0 Å². The van der Waals surface area contributed by atoms with Gasteiger partial charge in [-0.25, -0.2) is 0 Å². The summed E-state index contributed by atoms with van der Waals surface area (Å²) in [5, 5.41) is 0. The Kier molecular flexibility index (Phi) is 1.36. The average Bonchev–Trinajstić information content (AvgIpc) is 1.35. The molecule has 1 unspecified atom stereocenters. The van der Waals surface area contributed by atoms with Crippen molar-refractivity contribution in [1.29, 1.82) is 0 Å². The molecule has 1 nitrogen and oxygen atoms in total. The summed E-state index contributed by atoms with van der Waals surface area (Å²) < 4.78 is 0. The fourth-order valence-electron chi connectivity index (χ4n) is 0. The normalized spacial score (nSPS) is 19.7. The molecule has 1 atom stereocenters. The van der Waals surface area contributed by atoms with Gasteiger partial charge in [0.25, 0.3) is 0 Å². The predicted octanol–water partition coefficient (Wildman–Crippen LogP) is 0.762. The summed E-state index contributed by atoms with van der Waals surface area (Å²) in [5.41, 5.74) is 5.04. The maximum atomic E-state index is 5.36. The van der Waals surface area contributed by atoms with Gasteiger partial charge in [0.05, 0.1) is 13.8 Å². The second-order valence-electron chi connectivity index (χ2n) is 1.90. The van der Waals surface area contributed by atoms with Crippen LogP contribution in [0.1, 0.15) is 13.3 Å². The predicted molar refractivity (Wildman–Crippen MR) is 27.9 cm³/mol. The molecule has 0 radical (unpaired) electrons. The third-order valence-corrected chi connectivity index (χ3v) is 0.571. The molecule has 0 aliphatic carbocycles. The Morgan fingerprint density at radius 3 is 2.00 bits per heavy atom. The van der Waals surface area contributed by atoms with Gasteiger partial charge in [0.1, 0.15) is 6.42 Å². The average molecular weight is 85.2 g/mol. The summed E-state index contributed by atoms with van der Waals surface area (Å²) >= 11 is 0. The summed E-state index contributed by atoms with van der Waals surface area (Å²) in [6.07, 6.45) is 0.688. The van der Waals surface area contributed by atoms with Crippen LogP contribution >= 0.6 is 0 Å². The van der Waals surface area contributed by atoms with Gasteiger partial charge in [0.2, 0.25) is 0 Å². The summed E-state index contributed by atoms with van der Waals surface area (Å²) in [5.74, 6) is 0. The molecular formula is C5H11N+2. The van der Waals surface area contributed by atoms with Crippen molar-refractivity contribution < 1.29 is 0 Å². The van der Waals surface area contributed by atoms with Crippen LogP contribution < -0.4 is 5.73 Å². The van der Waals surface area contributed by atoms with Crippen molar-refractivity contribution in [2.24, 2.45) is 5.73 Å². The second-order valence-corrected chi connectivity index (χ2v) is 1.90. The Morgan fingerprint density at radius 2 is 2.00 bits per heavy atom. The molecule has 0 spiro atoms. The van der Waals surface area contributed by atoms with E-state index in [9.17, 15) is 0 Å². The number of hydrogen-bond donors (Lipinski definition) is 1. The highest BCUT2D eigenvalue weighted by molar-refractivity contribution is 4.81. The van der Waals surface area contributed by atoms with E-state index in [1.807, 2.05) is 6.92 Å². The van der Waals surface area contributed by atoms with Gasteiger partial charge in [-0.2, -0.15) is 0 Å². The standard InChI is InChI=1S/C5H11N/c1-4-5(2,3)6/h1-2,4,6H2,3H3/q+2. The molecule has 0 aromatic carbocycles. The van der Waals surface area contributed by atoms with Crippen molar-refractivity contribution >= 4 is 0 Å². The second kappa shape index (κ2) is 1.43. The Balaban J connectivity index is 3.17. The van der Waals surface area contributed by atoms with Gasteiger partial charge in [-0.05, 0) is 6.92 Å². The summed E-state index contributed by atoms with van der Waals surface area (Å²) in [6, 6.07) is 0. The van der Waals surface area contributed by atoms with E-state index in [-0.39, 0.29) is 5.54 Å². The lowest BCUT2D eigenvalue weighted by molar-refractivity contribution is 0.588. The zero-order valence-corrected chi connectivity index (χ0v) is 4.20. The molecule has 0 aromatic rings. The highest BCUT2D eigenvalue weighted by atomic mass is 14.7. The molecule has 0 aliphatic heterocycles. The van der Waals surface area contributed by atoms with E-state index in [0.717, 1.165) is 0 Å². The first-order valence-electron chi connectivity index (χ1n) is 2.00. The minimum Gasteiger partial charge on any atom is -0.285 e. The van der Waals surface area contributed by atoms with Crippen LogP contribution in [0.3, 0.4) is 0 Å². The van der Waals surface area contributed by atoms with Crippen LogP contribution in [0.25, 0.3) is 0 Å². The Hall–Kier alpha value is -0.300. The topological polar surface area (TPSA) is 26.0 Å². The van der Waals surface area contributed by atoms with Crippen molar-refractivity contribution in [3.05, 3.63) is 13.8 Å². The summed E-state index contributed by atoms with van der Waals surface area (Å²) in [4.78, 5) is 0. The number of rotatable bonds is 1. The molecule has 0 rings (SSSR count). The molecule has 1 heteroatoms. The van der Waals surface area contributed by atoms with Gasteiger partial charge in [0.15, 0.2) is 5.54 Å². The molecule has 0 aliphatic rings. The molecule has 0 saturated carbocycles. The highest BCUT2D eigenvalue weighted by Crippen LogP contribution is 1.98. The number of hydrogen-bond acceptors (Lipinski definition) is 1. The Bertz CT molecular complexity index is 33.7. The maximum Gasteiger partial charge on any atom is 0.191 e. The lowest BCUT2D eigenvalue weighted by atomic mass is 10.1. The van der Waals surface area contributed by atoms with Gasteiger partial charge in [-0.1, -0.05) is 0 Å². The molecule has 34 valence electrons. The van der Waals surface area contributed by atoms with Crippen molar-refractivity contribution in [2.75, 3.05) is 0 Å². The molecule has 0 aromatic heterocycles. The van der Waals surface area contributed by atoms with Crippen molar-refractivity contribution in [3.8, 4) is 0 Å². The van der Waals surface area contributed by atoms with E-state index in [1.54, 1.807) is 0 Å². The van der Waals surface area contributed by atoms with E-state index >= 15 is 0 Å². The first-order valence-corrected chi connectivity index (χ1v) is 2.00. The first kappa shape index (κ1) is 5.70. The third kappa shape index (κ3) is 3.70. The first-order chi connectivity index (χ1) is 2.56. The van der Waals surface area contributed by atoms with Gasteiger partial charge >= 0.3 is 0 Å². The van der Waals surface area contributed by atoms with E-state index < -0.39 is 0 Å². The van der Waals surface area contributed by atoms with Crippen LogP contribution in [0.4, 0.5) is 0 Å². The zero-order valence-electron chi connectivity index (χ0n) is 4.20. The number of nitrogens with two attached hydrogens (primary N) is 1. The minimum atomic E-state index is -0.319. The molecule has 0 saturated heterocycles. The Morgan fingerprint density at radius 1 is 1.83 bits per heavy atom. The fourth-order valence-corrected chi connectivity index (χ4v) is 0. The van der Waals surface area contributed by atoms with E-state index in [4.69, 9.17) is 5.73 Å². The summed E-state index contributed by atoms with van der Waals surface area (Å²) in [6.45, 7) is 9.02. The van der Waals surface area contributed by atoms with E-state index in [0.29, 0.717) is 6.42 Å². The smallest absolute Gasteiger partial charge is 0.191 e. The van der Waals surface area contributed by atoms with E-state index in [2.05, 4.69) is 13.8 Å². The SMILES string of the molecule is [CH2+]CC([CH2+])(C)N. The molecule has 0 fully saturated rings. The third-order valence-electron chi connectivity index (χ3n) is 0.571. The highest BCUT2D eigenvalue weighted by Gasteiger charge is 2.18. The van der Waals surface area contributed by atoms with Crippen LogP contribution in [0.5, 0.6) is 0 Å². The molecule has 6 heavy (non-hydrogen) atoms. The van der Waals surface area contributed by atoms with Crippen LogP contribution in [-0.2, 0) is 0 Å². The minimum absolute atomic E-state index is 0.319. The molecule has 0 amide bonds. The molecular weight excluding hydrogens is 74.1 g/mol. The van der Waals surface area contributed by atoms with Gasteiger partial charge < -0.3 is 0 Å². The van der Waals surface area contributed by atoms with Crippen LogP contribution in [0.2, 0.25) is 0 Å². The molecule has 2 N–H and O–H groups in total. The van der Waals surface area contributed by atoms with Crippen molar-refractivity contribution in [1.82, 2.24) is 0 Å². The molecule has 0 heterocycles. The van der Waals surface area contributed by atoms with Crippen LogP contribution in [-0.4, -0.2) is 5.54 Å². The maximum absolute atomic E-state index is 5.36. The Labute approximate surface area is 39.5 Å². The quantitative estimate of drug-likeness (QED) is 0.467. The van der Waals surface area contributed by atoms with Crippen molar-refractivity contribution in [2.45, 2.75) is 18.9 Å². The monoisotopic (exact) mass is 85.1 g/mol. The summed E-state index contributed by atoms with van der Waals surface area (Å²) in [7, 11) is 0. The lowest BCUT2D eigenvalue weighted by Gasteiger charge is -1.99. The molecule has 0 bridgehead atoms. The van der Waals surface area contributed by atoms with Gasteiger partial charge in [-0.15, -0.1) is 0 Å².